The molecule has 0 aliphatic heterocycles. The first-order valence-electron chi connectivity index (χ1n) is 10.1. The van der Waals surface area contributed by atoms with Crippen LogP contribution in [0.3, 0.4) is 0 Å². The first-order chi connectivity index (χ1) is 16.3. The summed E-state index contributed by atoms with van der Waals surface area (Å²) >= 11 is 7.07. The number of phenolic OH excluding ortho intramolecular Hbond substituents is 1. The molecule has 0 unspecified atom stereocenters. The fraction of sp³-hybridized carbons (Fsp3) is 0. The van der Waals surface area contributed by atoms with Gasteiger partial charge in [0.1, 0.15) is 11.6 Å². The summed E-state index contributed by atoms with van der Waals surface area (Å²) in [5, 5.41) is 12.7. The number of nitrogens with one attached hydrogen (secondary N) is 1. The predicted octanol–water partition coefficient (Wildman–Crippen LogP) is 6.84. The van der Waals surface area contributed by atoms with E-state index in [1.807, 2.05) is 30.3 Å². The first kappa shape index (κ1) is 22.5. The molecule has 1 aromatic heterocycles. The Labute approximate surface area is 204 Å². The number of fused-ring (bicyclic) bond motifs is 2. The summed E-state index contributed by atoms with van der Waals surface area (Å²) in [5.74, 6) is -0.681. The molecule has 0 fully saturated rings. The molecule has 0 aliphatic carbocycles. The molecule has 5 nitrogen and oxygen atoms in total. The predicted molar refractivity (Wildman–Crippen MR) is 134 cm³/mol. The van der Waals surface area contributed by atoms with Gasteiger partial charge in [-0.05, 0) is 36.4 Å². The van der Waals surface area contributed by atoms with E-state index in [1.54, 1.807) is 36.5 Å². The third kappa shape index (κ3) is 4.16. The molecule has 0 atom stereocenters. The SMILES string of the molecule is O=S(=O)(Nc1cc(Sc2cccc3cccnc23)c(O)c2ccccc12)c1ccc(F)c(Cl)c1. The van der Waals surface area contributed by atoms with Crippen LogP contribution in [0.1, 0.15) is 0 Å². The van der Waals surface area contributed by atoms with Crippen molar-refractivity contribution in [3.8, 4) is 5.75 Å². The highest BCUT2D eigenvalue weighted by molar-refractivity contribution is 7.99. The molecule has 1 heterocycles. The molecular weight excluding hydrogens is 495 g/mol. The molecule has 0 saturated heterocycles. The van der Waals surface area contributed by atoms with Crippen molar-refractivity contribution in [2.45, 2.75) is 14.7 Å². The van der Waals surface area contributed by atoms with Gasteiger partial charge in [-0.1, -0.05) is 65.8 Å². The van der Waals surface area contributed by atoms with E-state index in [0.29, 0.717) is 15.7 Å². The minimum Gasteiger partial charge on any atom is -0.506 e. The van der Waals surface area contributed by atoms with Gasteiger partial charge in [-0.25, -0.2) is 12.8 Å². The van der Waals surface area contributed by atoms with Gasteiger partial charge < -0.3 is 5.11 Å². The minimum atomic E-state index is -4.09. The molecule has 0 saturated carbocycles. The Kier molecular flexibility index (Phi) is 5.81. The van der Waals surface area contributed by atoms with E-state index in [-0.39, 0.29) is 21.4 Å². The lowest BCUT2D eigenvalue weighted by Gasteiger charge is -2.15. The van der Waals surface area contributed by atoms with Gasteiger partial charge in [0, 0.05) is 27.3 Å². The molecule has 2 N–H and O–H groups in total. The highest BCUT2D eigenvalue weighted by atomic mass is 35.5. The lowest BCUT2D eigenvalue weighted by atomic mass is 10.1. The molecule has 0 aliphatic rings. The lowest BCUT2D eigenvalue weighted by Crippen LogP contribution is -2.13. The maximum Gasteiger partial charge on any atom is 0.261 e. The van der Waals surface area contributed by atoms with Gasteiger partial charge in [-0.3, -0.25) is 9.71 Å². The van der Waals surface area contributed by atoms with Gasteiger partial charge in [0.25, 0.3) is 10.0 Å². The van der Waals surface area contributed by atoms with Crippen molar-refractivity contribution in [3.05, 3.63) is 95.9 Å². The largest absolute Gasteiger partial charge is 0.506 e. The molecule has 0 radical (unpaired) electrons. The summed E-state index contributed by atoms with van der Waals surface area (Å²) in [6.07, 6.45) is 1.69. The topological polar surface area (TPSA) is 79.3 Å². The molecule has 9 heteroatoms. The van der Waals surface area contributed by atoms with Gasteiger partial charge >= 0.3 is 0 Å². The second-order valence-corrected chi connectivity index (χ2v) is 10.6. The monoisotopic (exact) mass is 510 g/mol. The van der Waals surface area contributed by atoms with Crippen LogP contribution >= 0.6 is 23.4 Å². The number of phenols is 1. The summed E-state index contributed by atoms with van der Waals surface area (Å²) in [6, 6.07) is 21.2. The van der Waals surface area contributed by atoms with E-state index >= 15 is 0 Å². The Morgan fingerprint density at radius 1 is 0.912 bits per heavy atom. The van der Waals surface area contributed by atoms with Crippen LogP contribution < -0.4 is 4.72 Å². The number of nitrogens with zero attached hydrogens (tertiary/aromatic N) is 1. The van der Waals surface area contributed by atoms with Crippen LogP contribution in [-0.2, 0) is 10.0 Å². The minimum absolute atomic E-state index is 0.0290. The maximum absolute atomic E-state index is 13.6. The molecular formula is C25H16ClFN2O3S2. The quantitative estimate of drug-likeness (QED) is 0.253. The van der Waals surface area contributed by atoms with Gasteiger partial charge in [-0.15, -0.1) is 0 Å². The molecule has 5 aromatic rings. The molecule has 5 rings (SSSR count). The Morgan fingerprint density at radius 3 is 2.47 bits per heavy atom. The maximum atomic E-state index is 13.6. The number of hydrogen-bond donors (Lipinski definition) is 2. The number of pyridine rings is 1. The zero-order chi connectivity index (χ0) is 23.9. The van der Waals surface area contributed by atoms with Crippen molar-refractivity contribution >= 4 is 60.7 Å². The van der Waals surface area contributed by atoms with Crippen molar-refractivity contribution in [1.29, 1.82) is 0 Å². The van der Waals surface area contributed by atoms with Crippen molar-refractivity contribution in [3.63, 3.8) is 0 Å². The van der Waals surface area contributed by atoms with Gasteiger partial charge in [0.15, 0.2) is 0 Å². The van der Waals surface area contributed by atoms with E-state index in [9.17, 15) is 17.9 Å². The second-order valence-electron chi connectivity index (χ2n) is 7.43. The van der Waals surface area contributed by atoms with Crippen LogP contribution in [0.2, 0.25) is 5.02 Å². The summed E-state index contributed by atoms with van der Waals surface area (Å²) in [4.78, 5) is 5.53. The first-order valence-corrected chi connectivity index (χ1v) is 12.8. The Balaban J connectivity index is 1.62. The zero-order valence-electron chi connectivity index (χ0n) is 17.4. The van der Waals surface area contributed by atoms with Crippen molar-refractivity contribution < 1.29 is 17.9 Å². The van der Waals surface area contributed by atoms with Gasteiger partial charge in [0.05, 0.1) is 26.0 Å². The highest BCUT2D eigenvalue weighted by Gasteiger charge is 2.20. The number of hydrogen-bond acceptors (Lipinski definition) is 5. The van der Waals surface area contributed by atoms with Crippen LogP contribution in [0.4, 0.5) is 10.1 Å². The van der Waals surface area contributed by atoms with E-state index < -0.39 is 15.8 Å². The average molecular weight is 511 g/mol. The normalized spacial score (nSPS) is 11.7. The fourth-order valence-electron chi connectivity index (χ4n) is 3.62. The molecule has 0 amide bonds. The number of benzene rings is 4. The van der Waals surface area contributed by atoms with Crippen LogP contribution in [-0.4, -0.2) is 18.5 Å². The second kappa shape index (κ2) is 8.79. The Hall–Kier alpha value is -3.33. The smallest absolute Gasteiger partial charge is 0.261 e. The number of para-hydroxylation sites is 1. The number of aromatic hydroxyl groups is 1. The standard InChI is InChI=1S/C25H16ClFN2O3S2/c26-19-13-16(10-11-20(19)27)34(31,32)29-21-14-23(25(30)18-8-2-1-7-17(18)21)33-22-9-3-5-15-6-4-12-28-24(15)22/h1-14,29-30H. The summed E-state index contributed by atoms with van der Waals surface area (Å²) in [6.45, 7) is 0. The number of anilines is 1. The van der Waals surface area contributed by atoms with Crippen molar-refractivity contribution in [1.82, 2.24) is 4.98 Å². The lowest BCUT2D eigenvalue weighted by molar-refractivity contribution is 0.469. The molecule has 4 aromatic carbocycles. The van der Waals surface area contributed by atoms with E-state index in [1.165, 1.54) is 11.8 Å². The van der Waals surface area contributed by atoms with Crippen LogP contribution in [0.5, 0.6) is 5.75 Å². The van der Waals surface area contributed by atoms with E-state index in [2.05, 4.69) is 9.71 Å². The van der Waals surface area contributed by atoms with Crippen molar-refractivity contribution in [2.24, 2.45) is 0 Å². The average Bonchev–Trinajstić information content (AvgIpc) is 2.84. The van der Waals surface area contributed by atoms with Crippen LogP contribution in [0.15, 0.2) is 99.7 Å². The van der Waals surface area contributed by atoms with Crippen LogP contribution in [0.25, 0.3) is 21.7 Å². The van der Waals surface area contributed by atoms with Gasteiger partial charge in [-0.2, -0.15) is 0 Å². The van der Waals surface area contributed by atoms with Crippen molar-refractivity contribution in [2.75, 3.05) is 4.72 Å². The van der Waals surface area contributed by atoms with Gasteiger partial charge in [0.2, 0.25) is 0 Å². The number of rotatable bonds is 5. The highest BCUT2D eigenvalue weighted by Crippen LogP contribution is 2.44. The number of halogens is 2. The third-order valence-corrected chi connectivity index (χ3v) is 7.98. The van der Waals surface area contributed by atoms with E-state index in [4.69, 9.17) is 11.6 Å². The van der Waals surface area contributed by atoms with Crippen LogP contribution in [0, 0.1) is 5.82 Å². The molecule has 170 valence electrons. The number of aromatic nitrogens is 1. The summed E-state index contributed by atoms with van der Waals surface area (Å²) in [7, 11) is -4.09. The zero-order valence-corrected chi connectivity index (χ0v) is 19.8. The summed E-state index contributed by atoms with van der Waals surface area (Å²) in [5.41, 5.74) is 1.04. The third-order valence-electron chi connectivity index (χ3n) is 5.24. The molecule has 0 spiro atoms. The van der Waals surface area contributed by atoms with E-state index in [0.717, 1.165) is 34.0 Å². The number of sulfonamides is 1. The summed E-state index contributed by atoms with van der Waals surface area (Å²) < 4.78 is 42.3. The Morgan fingerprint density at radius 2 is 1.68 bits per heavy atom. The molecule has 0 bridgehead atoms. The Bertz CT molecular complexity index is 1670. The fourth-order valence-corrected chi connectivity index (χ4v) is 6.00. The molecule has 34 heavy (non-hydrogen) atoms.